The number of nitrogens with zero attached hydrogens (tertiary/aromatic N) is 3. The van der Waals surface area contributed by atoms with E-state index in [1.54, 1.807) is 11.6 Å². The number of carbonyl (C=O) groups excluding carboxylic acids is 1. The molecule has 0 aliphatic carbocycles. The molecule has 1 unspecified atom stereocenters. The van der Waals surface area contributed by atoms with Crippen LogP contribution in [0.1, 0.15) is 31.9 Å². The van der Waals surface area contributed by atoms with Gasteiger partial charge in [0.15, 0.2) is 0 Å². The molecule has 0 spiro atoms. The second-order valence-electron chi connectivity index (χ2n) is 5.65. The fourth-order valence-electron chi connectivity index (χ4n) is 2.66. The Labute approximate surface area is 123 Å². The zero-order chi connectivity index (χ0) is 15.5. The molecule has 1 aliphatic rings. The molecule has 2 heterocycles. The summed E-state index contributed by atoms with van der Waals surface area (Å²) in [5.41, 5.74) is -0.203. The monoisotopic (exact) mass is 294 g/mol. The van der Waals surface area contributed by atoms with E-state index >= 15 is 0 Å². The SMILES string of the molecule is Cn1ccc(CCNC(=O)N2CCCCC2(C)C(=O)O)n1. The zero-order valence-electron chi connectivity index (χ0n) is 12.5. The number of amides is 2. The van der Waals surface area contributed by atoms with Crippen molar-refractivity contribution in [1.82, 2.24) is 20.0 Å². The average Bonchev–Trinajstić information content (AvgIpc) is 2.84. The van der Waals surface area contributed by atoms with Gasteiger partial charge in [0.25, 0.3) is 0 Å². The molecule has 1 saturated heterocycles. The Balaban J connectivity index is 1.90. The first-order valence-corrected chi connectivity index (χ1v) is 7.21. The molecular formula is C14H22N4O3. The lowest BCUT2D eigenvalue weighted by molar-refractivity contribution is -0.150. The number of aryl methyl sites for hydroxylation is 1. The summed E-state index contributed by atoms with van der Waals surface area (Å²) in [6.07, 6.45) is 4.65. The standard InChI is InChI=1S/C14H22N4O3/c1-14(12(19)20)7-3-4-9-18(14)13(21)15-8-5-11-6-10-17(2)16-11/h6,10H,3-5,7-9H2,1-2H3,(H,15,21)(H,19,20). The van der Waals surface area contributed by atoms with Crippen molar-refractivity contribution in [3.63, 3.8) is 0 Å². The van der Waals surface area contributed by atoms with E-state index in [1.807, 2.05) is 19.3 Å². The number of nitrogens with one attached hydrogen (secondary N) is 1. The van der Waals surface area contributed by atoms with Crippen LogP contribution in [0.4, 0.5) is 4.79 Å². The number of hydrogen-bond acceptors (Lipinski definition) is 3. The number of aliphatic carboxylic acids is 1. The van der Waals surface area contributed by atoms with E-state index in [0.29, 0.717) is 25.9 Å². The van der Waals surface area contributed by atoms with Crippen molar-refractivity contribution in [3.8, 4) is 0 Å². The molecule has 1 aromatic heterocycles. The number of rotatable bonds is 4. The van der Waals surface area contributed by atoms with Crippen molar-refractivity contribution in [2.45, 2.75) is 38.1 Å². The van der Waals surface area contributed by atoms with Crippen LogP contribution in [0.15, 0.2) is 12.3 Å². The smallest absolute Gasteiger partial charge is 0.329 e. The molecule has 2 rings (SSSR count). The van der Waals surface area contributed by atoms with Gasteiger partial charge in [0, 0.05) is 32.8 Å². The molecule has 1 atom stereocenters. The van der Waals surface area contributed by atoms with Gasteiger partial charge < -0.3 is 15.3 Å². The number of urea groups is 1. The van der Waals surface area contributed by atoms with Gasteiger partial charge in [-0.2, -0.15) is 5.10 Å². The summed E-state index contributed by atoms with van der Waals surface area (Å²) in [6, 6.07) is 1.59. The van der Waals surface area contributed by atoms with Crippen LogP contribution in [0, 0.1) is 0 Å². The van der Waals surface area contributed by atoms with E-state index in [2.05, 4.69) is 10.4 Å². The minimum Gasteiger partial charge on any atom is -0.480 e. The van der Waals surface area contributed by atoms with E-state index in [-0.39, 0.29) is 6.03 Å². The van der Waals surface area contributed by atoms with Crippen molar-refractivity contribution in [1.29, 1.82) is 0 Å². The number of likely N-dealkylation sites (tertiary alicyclic amines) is 1. The van der Waals surface area contributed by atoms with Crippen molar-refractivity contribution >= 4 is 12.0 Å². The largest absolute Gasteiger partial charge is 0.480 e. The van der Waals surface area contributed by atoms with Crippen LogP contribution in [0.2, 0.25) is 0 Å². The summed E-state index contributed by atoms with van der Waals surface area (Å²) in [5, 5.41) is 16.4. The van der Waals surface area contributed by atoms with E-state index in [4.69, 9.17) is 0 Å². The topological polar surface area (TPSA) is 87.5 Å². The van der Waals surface area contributed by atoms with Gasteiger partial charge in [0.05, 0.1) is 5.69 Å². The molecule has 2 N–H and O–H groups in total. The molecular weight excluding hydrogens is 272 g/mol. The van der Waals surface area contributed by atoms with Gasteiger partial charge >= 0.3 is 12.0 Å². The number of carboxylic acid groups (broad SMARTS) is 1. The minimum atomic E-state index is -1.10. The van der Waals surface area contributed by atoms with E-state index in [1.165, 1.54) is 4.90 Å². The molecule has 0 aromatic carbocycles. The van der Waals surface area contributed by atoms with Gasteiger partial charge in [0.1, 0.15) is 5.54 Å². The second-order valence-corrected chi connectivity index (χ2v) is 5.65. The molecule has 1 aliphatic heterocycles. The van der Waals surface area contributed by atoms with E-state index in [0.717, 1.165) is 18.5 Å². The third-order valence-corrected chi connectivity index (χ3v) is 4.02. The molecule has 0 radical (unpaired) electrons. The highest BCUT2D eigenvalue weighted by Crippen LogP contribution is 2.28. The van der Waals surface area contributed by atoms with Crippen LogP contribution in [0.5, 0.6) is 0 Å². The lowest BCUT2D eigenvalue weighted by Crippen LogP contribution is -2.60. The van der Waals surface area contributed by atoms with Crippen LogP contribution < -0.4 is 5.32 Å². The van der Waals surface area contributed by atoms with Gasteiger partial charge in [-0.3, -0.25) is 4.68 Å². The highest BCUT2D eigenvalue weighted by molar-refractivity contribution is 5.86. The predicted molar refractivity (Wildman–Crippen MR) is 76.9 cm³/mol. The second kappa shape index (κ2) is 6.15. The Kier molecular flexibility index (Phi) is 4.50. The molecule has 7 heteroatoms. The Morgan fingerprint density at radius 1 is 1.48 bits per heavy atom. The fraction of sp³-hybridized carbons (Fsp3) is 0.643. The Hall–Kier alpha value is -2.05. The molecule has 116 valence electrons. The summed E-state index contributed by atoms with van der Waals surface area (Å²) in [5.74, 6) is -0.943. The summed E-state index contributed by atoms with van der Waals surface area (Å²) in [4.78, 5) is 25.1. The van der Waals surface area contributed by atoms with Gasteiger partial charge in [-0.25, -0.2) is 9.59 Å². The number of carbonyl (C=O) groups is 2. The maximum absolute atomic E-state index is 12.2. The number of carboxylic acids is 1. The van der Waals surface area contributed by atoms with Gasteiger partial charge in [0.2, 0.25) is 0 Å². The quantitative estimate of drug-likeness (QED) is 0.867. The molecule has 21 heavy (non-hydrogen) atoms. The number of hydrogen-bond donors (Lipinski definition) is 2. The molecule has 2 amide bonds. The Bertz CT molecular complexity index is 528. The van der Waals surface area contributed by atoms with Gasteiger partial charge in [-0.15, -0.1) is 0 Å². The van der Waals surface area contributed by atoms with E-state index in [9.17, 15) is 14.7 Å². The fourth-order valence-corrected chi connectivity index (χ4v) is 2.66. The van der Waals surface area contributed by atoms with Gasteiger partial charge in [-0.1, -0.05) is 0 Å². The van der Waals surface area contributed by atoms with Crippen LogP contribution in [-0.4, -0.2) is 50.4 Å². The minimum absolute atomic E-state index is 0.310. The first kappa shape index (κ1) is 15.3. The average molecular weight is 294 g/mol. The highest BCUT2D eigenvalue weighted by Gasteiger charge is 2.43. The third kappa shape index (κ3) is 3.34. The van der Waals surface area contributed by atoms with Crippen LogP contribution in [0.25, 0.3) is 0 Å². The van der Waals surface area contributed by atoms with Crippen LogP contribution >= 0.6 is 0 Å². The van der Waals surface area contributed by atoms with Crippen LogP contribution in [-0.2, 0) is 18.3 Å². The first-order chi connectivity index (χ1) is 9.93. The molecule has 1 aromatic rings. The van der Waals surface area contributed by atoms with Crippen molar-refractivity contribution in [2.24, 2.45) is 7.05 Å². The summed E-state index contributed by atoms with van der Waals surface area (Å²) in [6.45, 7) is 2.55. The predicted octanol–water partition coefficient (Wildman–Crippen LogP) is 1.00. The van der Waals surface area contributed by atoms with E-state index < -0.39 is 11.5 Å². The van der Waals surface area contributed by atoms with Crippen LogP contribution in [0.3, 0.4) is 0 Å². The zero-order valence-corrected chi connectivity index (χ0v) is 12.5. The lowest BCUT2D eigenvalue weighted by atomic mass is 9.89. The molecule has 7 nitrogen and oxygen atoms in total. The number of piperidine rings is 1. The van der Waals surface area contributed by atoms with Crippen molar-refractivity contribution in [2.75, 3.05) is 13.1 Å². The summed E-state index contributed by atoms with van der Waals surface area (Å²) < 4.78 is 1.71. The highest BCUT2D eigenvalue weighted by atomic mass is 16.4. The first-order valence-electron chi connectivity index (χ1n) is 7.21. The molecule has 0 saturated carbocycles. The number of aromatic nitrogens is 2. The lowest BCUT2D eigenvalue weighted by Gasteiger charge is -2.41. The Morgan fingerprint density at radius 2 is 2.24 bits per heavy atom. The maximum atomic E-state index is 12.2. The van der Waals surface area contributed by atoms with Gasteiger partial charge in [-0.05, 0) is 32.3 Å². The molecule has 0 bridgehead atoms. The molecule has 1 fully saturated rings. The maximum Gasteiger partial charge on any atom is 0.329 e. The summed E-state index contributed by atoms with van der Waals surface area (Å²) in [7, 11) is 1.84. The normalized spacial score (nSPS) is 22.1. The summed E-state index contributed by atoms with van der Waals surface area (Å²) >= 11 is 0. The Morgan fingerprint density at radius 3 is 2.86 bits per heavy atom. The third-order valence-electron chi connectivity index (χ3n) is 4.02. The van der Waals surface area contributed by atoms with Crippen molar-refractivity contribution in [3.05, 3.63) is 18.0 Å². The van der Waals surface area contributed by atoms with Crippen molar-refractivity contribution < 1.29 is 14.7 Å².